The number of aliphatic imine (C=N–C) groups is 3. The molecule has 0 aromatic rings. The summed E-state index contributed by atoms with van der Waals surface area (Å²) >= 11 is 0. The number of carbonyl (C=O) groups excluding carboxylic acids is 2. The van der Waals surface area contributed by atoms with Crippen LogP contribution >= 0.6 is 0 Å². The van der Waals surface area contributed by atoms with Gasteiger partial charge in [0.05, 0.1) is 6.21 Å². The van der Waals surface area contributed by atoms with Crippen molar-refractivity contribution in [2.24, 2.45) is 20.7 Å². The molecule has 2 rings (SSSR count). The Bertz CT molecular complexity index is 380. The second kappa shape index (κ2) is 2.47. The molecule has 0 spiro atoms. The lowest BCUT2D eigenvalue weighted by atomic mass is 10.2. The van der Waals surface area contributed by atoms with Gasteiger partial charge in [-0.15, -0.1) is 0 Å². The number of guanidine groups is 1. The van der Waals surface area contributed by atoms with Crippen LogP contribution in [0.15, 0.2) is 15.0 Å². The maximum absolute atomic E-state index is 11.1. The second-order valence-corrected chi connectivity index (χ2v) is 2.48. The summed E-state index contributed by atoms with van der Waals surface area (Å²) in [6.07, 6.45) is 1.03. The molecule has 0 saturated carbocycles. The molecule has 66 valence electrons. The molecule has 2 aliphatic rings. The van der Waals surface area contributed by atoms with E-state index in [-0.39, 0.29) is 11.8 Å². The summed E-state index contributed by atoms with van der Waals surface area (Å²) in [5.74, 6) is -0.949. The van der Waals surface area contributed by atoms with Gasteiger partial charge in [0.15, 0.2) is 6.04 Å². The number of nitrogens with one attached hydrogen (secondary N) is 1. The monoisotopic (exact) mass is 179 g/mol. The van der Waals surface area contributed by atoms with E-state index in [9.17, 15) is 9.59 Å². The minimum absolute atomic E-state index is 0.144. The molecule has 2 heterocycles. The van der Waals surface area contributed by atoms with Crippen LogP contribution in [0, 0.1) is 0 Å². The highest BCUT2D eigenvalue weighted by Crippen LogP contribution is 2.05. The lowest BCUT2D eigenvalue weighted by molar-refractivity contribution is -0.117. The van der Waals surface area contributed by atoms with E-state index in [0.717, 1.165) is 6.21 Å². The van der Waals surface area contributed by atoms with Crippen molar-refractivity contribution >= 4 is 29.8 Å². The van der Waals surface area contributed by atoms with Crippen molar-refractivity contribution in [3.63, 3.8) is 0 Å². The average Bonchev–Trinajstić information content (AvgIpc) is 2.02. The van der Waals surface area contributed by atoms with Crippen LogP contribution in [0.2, 0.25) is 0 Å². The fraction of sp³-hybridized carbons (Fsp3) is 0.167. The number of hydrogen-bond acceptors (Lipinski definition) is 5. The molecule has 1 atom stereocenters. The maximum atomic E-state index is 11.1. The van der Waals surface area contributed by atoms with Crippen molar-refractivity contribution in [3.05, 3.63) is 0 Å². The number of hydrogen-bond donors (Lipinski definition) is 2. The van der Waals surface area contributed by atoms with Gasteiger partial charge >= 0.3 is 0 Å². The van der Waals surface area contributed by atoms with Crippen molar-refractivity contribution < 1.29 is 9.59 Å². The number of amides is 2. The van der Waals surface area contributed by atoms with Gasteiger partial charge in [-0.1, -0.05) is 0 Å². The first-order valence-electron chi connectivity index (χ1n) is 3.47. The summed E-state index contributed by atoms with van der Waals surface area (Å²) in [5.41, 5.74) is 5.22. The lowest BCUT2D eigenvalue weighted by Crippen LogP contribution is -2.49. The summed E-state index contributed by atoms with van der Waals surface area (Å²) in [6, 6.07) is -0.829. The minimum atomic E-state index is -0.829. The quantitative estimate of drug-likeness (QED) is 0.440. The van der Waals surface area contributed by atoms with Crippen molar-refractivity contribution in [3.8, 4) is 0 Å². The molecular formula is C6H5N5O2. The van der Waals surface area contributed by atoms with Gasteiger partial charge in [-0.05, 0) is 0 Å². The number of nitrogens with two attached hydrogens (primary N) is 1. The first-order valence-corrected chi connectivity index (χ1v) is 3.47. The molecule has 0 bridgehead atoms. The zero-order valence-electron chi connectivity index (χ0n) is 6.39. The zero-order chi connectivity index (χ0) is 9.42. The predicted molar refractivity (Wildman–Crippen MR) is 44.5 cm³/mol. The van der Waals surface area contributed by atoms with Crippen LogP contribution in [-0.4, -0.2) is 35.9 Å². The van der Waals surface area contributed by atoms with Crippen molar-refractivity contribution in [2.45, 2.75) is 6.04 Å². The highest BCUT2D eigenvalue weighted by Gasteiger charge is 2.31. The van der Waals surface area contributed by atoms with E-state index in [2.05, 4.69) is 20.3 Å². The molecule has 7 heteroatoms. The third-order valence-electron chi connectivity index (χ3n) is 1.54. The van der Waals surface area contributed by atoms with Gasteiger partial charge in [-0.2, -0.15) is 9.98 Å². The summed E-state index contributed by atoms with van der Waals surface area (Å²) in [4.78, 5) is 32.7. The lowest BCUT2D eigenvalue weighted by Gasteiger charge is -2.18. The van der Waals surface area contributed by atoms with Gasteiger partial charge in [-0.3, -0.25) is 14.6 Å². The third kappa shape index (κ3) is 1.19. The molecule has 0 aromatic carbocycles. The fourth-order valence-corrected chi connectivity index (χ4v) is 1.03. The minimum Gasteiger partial charge on any atom is -0.368 e. The van der Waals surface area contributed by atoms with Crippen LogP contribution in [0.3, 0.4) is 0 Å². The van der Waals surface area contributed by atoms with Crippen molar-refractivity contribution in [1.82, 2.24) is 5.32 Å². The number of rotatable bonds is 0. The Kier molecular flexibility index (Phi) is 1.44. The van der Waals surface area contributed by atoms with Crippen LogP contribution < -0.4 is 11.1 Å². The molecule has 0 aliphatic carbocycles. The zero-order valence-corrected chi connectivity index (χ0v) is 6.39. The first kappa shape index (κ1) is 7.59. The summed E-state index contributed by atoms with van der Waals surface area (Å²) in [6.45, 7) is 0. The van der Waals surface area contributed by atoms with E-state index in [1.807, 2.05) is 0 Å². The van der Waals surface area contributed by atoms with Crippen molar-refractivity contribution in [2.75, 3.05) is 0 Å². The molecule has 7 nitrogen and oxygen atoms in total. The first-order chi connectivity index (χ1) is 6.16. The summed E-state index contributed by atoms with van der Waals surface area (Å²) < 4.78 is 0. The predicted octanol–water partition coefficient (Wildman–Crippen LogP) is -2.19. The fourth-order valence-electron chi connectivity index (χ4n) is 1.03. The average molecular weight is 179 g/mol. The third-order valence-corrected chi connectivity index (χ3v) is 1.54. The molecule has 2 aliphatic heterocycles. The van der Waals surface area contributed by atoms with E-state index in [1.54, 1.807) is 0 Å². The maximum Gasteiger partial charge on any atom is 0.281 e. The Balaban J connectivity index is 2.42. The summed E-state index contributed by atoms with van der Waals surface area (Å²) in [5, 5.41) is 2.36. The van der Waals surface area contributed by atoms with Gasteiger partial charge in [0.1, 0.15) is 5.84 Å². The molecule has 3 N–H and O–H groups in total. The Hall–Kier alpha value is -2.05. The normalized spacial score (nSPS) is 26.0. The molecule has 2 amide bonds. The smallest absolute Gasteiger partial charge is 0.281 e. The highest BCUT2D eigenvalue weighted by molar-refractivity contribution is 6.36. The van der Waals surface area contributed by atoms with Crippen molar-refractivity contribution in [1.29, 1.82) is 0 Å². The van der Waals surface area contributed by atoms with E-state index >= 15 is 0 Å². The Labute approximate surface area is 72.5 Å². The Morgan fingerprint density at radius 1 is 1.38 bits per heavy atom. The highest BCUT2D eigenvalue weighted by atomic mass is 16.2. The van der Waals surface area contributed by atoms with Gasteiger partial charge in [0, 0.05) is 0 Å². The molecule has 1 unspecified atom stereocenters. The molecular weight excluding hydrogens is 174 g/mol. The topological polar surface area (TPSA) is 109 Å². The van der Waals surface area contributed by atoms with Gasteiger partial charge in [0.25, 0.3) is 11.8 Å². The van der Waals surface area contributed by atoms with E-state index in [1.165, 1.54) is 0 Å². The molecule has 0 radical (unpaired) electrons. The van der Waals surface area contributed by atoms with Gasteiger partial charge < -0.3 is 11.1 Å². The molecule has 0 saturated heterocycles. The van der Waals surface area contributed by atoms with E-state index in [0.29, 0.717) is 0 Å². The van der Waals surface area contributed by atoms with E-state index < -0.39 is 17.9 Å². The Morgan fingerprint density at radius 2 is 2.15 bits per heavy atom. The largest absolute Gasteiger partial charge is 0.368 e. The number of fused-ring (bicyclic) bond motifs is 1. The SMILES string of the molecule is NC1=NC(=O)C2N=CC(=O)NC2=N1. The van der Waals surface area contributed by atoms with Crippen LogP contribution in [0.25, 0.3) is 0 Å². The van der Waals surface area contributed by atoms with Gasteiger partial charge in [-0.25, -0.2) is 0 Å². The van der Waals surface area contributed by atoms with Gasteiger partial charge in [0.2, 0.25) is 5.96 Å². The molecule has 0 aromatic heterocycles. The van der Waals surface area contributed by atoms with Crippen LogP contribution in [0.4, 0.5) is 0 Å². The van der Waals surface area contributed by atoms with Crippen LogP contribution in [0.5, 0.6) is 0 Å². The summed E-state index contributed by atoms with van der Waals surface area (Å²) in [7, 11) is 0. The molecule has 13 heavy (non-hydrogen) atoms. The number of carbonyl (C=O) groups is 2. The van der Waals surface area contributed by atoms with Crippen LogP contribution in [-0.2, 0) is 9.59 Å². The number of nitrogens with zero attached hydrogens (tertiary/aromatic N) is 3. The van der Waals surface area contributed by atoms with Crippen LogP contribution in [0.1, 0.15) is 0 Å². The Morgan fingerprint density at radius 3 is 2.92 bits per heavy atom. The molecule has 0 fully saturated rings. The number of amidine groups is 1. The standard InChI is InChI=1S/C6H5N5O2/c7-6-10-4-3(5(13)11-6)8-1-2(12)9-4/h1,3H,(H3,7,9,10,11,12,13). The second-order valence-electron chi connectivity index (χ2n) is 2.48. The van der Waals surface area contributed by atoms with E-state index in [4.69, 9.17) is 5.73 Å².